The number of para-hydroxylation sites is 1. The van der Waals surface area contributed by atoms with E-state index >= 15 is 0 Å². The van der Waals surface area contributed by atoms with Crippen LogP contribution in [0.5, 0.6) is 0 Å². The van der Waals surface area contributed by atoms with Crippen LogP contribution in [0.2, 0.25) is 5.02 Å². The van der Waals surface area contributed by atoms with Crippen LogP contribution in [-0.2, 0) is 21.2 Å². The van der Waals surface area contributed by atoms with Crippen molar-refractivity contribution in [3.05, 3.63) is 59.1 Å². The molecule has 0 radical (unpaired) electrons. The first-order chi connectivity index (χ1) is 12.3. The number of sulfonamides is 1. The molecule has 2 aromatic rings. The molecule has 0 heterocycles. The molecule has 0 atom stereocenters. The Morgan fingerprint density at radius 2 is 1.77 bits per heavy atom. The summed E-state index contributed by atoms with van der Waals surface area (Å²) >= 11 is 6.09. The number of carbonyl (C=O) groups is 1. The first kappa shape index (κ1) is 20.3. The first-order valence-corrected chi connectivity index (χ1v) is 10.6. The lowest BCUT2D eigenvalue weighted by molar-refractivity contribution is -0.114. The molecule has 0 spiro atoms. The Hall–Kier alpha value is -2.05. The van der Waals surface area contributed by atoms with Gasteiger partial charge >= 0.3 is 0 Å². The second-order valence-electron chi connectivity index (χ2n) is 6.07. The molecule has 0 saturated heterocycles. The van der Waals surface area contributed by atoms with Crippen LogP contribution in [0, 0.1) is 0 Å². The fourth-order valence-corrected chi connectivity index (χ4v) is 3.66. The Labute approximate surface area is 160 Å². The third-order valence-electron chi connectivity index (χ3n) is 3.87. The van der Waals surface area contributed by atoms with Crippen LogP contribution >= 0.6 is 11.6 Å². The summed E-state index contributed by atoms with van der Waals surface area (Å²) in [5.41, 5.74) is 2.11. The van der Waals surface area contributed by atoms with Crippen molar-refractivity contribution in [3.63, 3.8) is 0 Å². The van der Waals surface area contributed by atoms with Gasteiger partial charge in [0.2, 0.25) is 15.9 Å². The maximum Gasteiger partial charge on any atom is 0.245 e. The number of halogens is 1. The lowest BCUT2D eigenvalue weighted by Crippen LogP contribution is -2.37. The molecule has 0 saturated carbocycles. The van der Waals surface area contributed by atoms with Gasteiger partial charge in [0, 0.05) is 5.69 Å². The van der Waals surface area contributed by atoms with Crippen molar-refractivity contribution in [2.45, 2.75) is 26.2 Å². The number of hydrogen-bond acceptors (Lipinski definition) is 3. The zero-order chi connectivity index (χ0) is 19.2. The highest BCUT2D eigenvalue weighted by Gasteiger charge is 2.22. The van der Waals surface area contributed by atoms with Gasteiger partial charge in [-0.3, -0.25) is 9.10 Å². The van der Waals surface area contributed by atoms with Crippen LogP contribution in [0.15, 0.2) is 48.5 Å². The number of nitrogens with zero attached hydrogens (tertiary/aromatic N) is 1. The Kier molecular flexibility index (Phi) is 7.06. The Bertz CT molecular complexity index is 851. The van der Waals surface area contributed by atoms with E-state index in [2.05, 4.69) is 12.2 Å². The smallest absolute Gasteiger partial charge is 0.245 e. The fourth-order valence-electron chi connectivity index (χ4n) is 2.50. The van der Waals surface area contributed by atoms with Crippen molar-refractivity contribution in [2.75, 3.05) is 22.4 Å². The first-order valence-electron chi connectivity index (χ1n) is 8.42. The number of anilines is 2. The normalized spacial score (nSPS) is 11.2. The van der Waals surface area contributed by atoms with Crippen LogP contribution in [0.3, 0.4) is 0 Å². The zero-order valence-electron chi connectivity index (χ0n) is 14.9. The summed E-state index contributed by atoms with van der Waals surface area (Å²) in [5, 5.41) is 3.00. The quantitative estimate of drug-likeness (QED) is 0.733. The molecule has 0 aromatic heterocycles. The van der Waals surface area contributed by atoms with Crippen LogP contribution < -0.4 is 9.62 Å². The highest BCUT2D eigenvalue weighted by molar-refractivity contribution is 7.92. The van der Waals surface area contributed by atoms with E-state index in [-0.39, 0.29) is 17.3 Å². The molecule has 0 aliphatic carbocycles. The van der Waals surface area contributed by atoms with Gasteiger partial charge in [-0.2, -0.15) is 0 Å². The molecule has 2 rings (SSSR count). The average Bonchev–Trinajstić information content (AvgIpc) is 2.59. The van der Waals surface area contributed by atoms with Gasteiger partial charge in [-0.1, -0.05) is 49.2 Å². The highest BCUT2D eigenvalue weighted by Crippen LogP contribution is 2.27. The van der Waals surface area contributed by atoms with E-state index in [1.165, 1.54) is 5.56 Å². The van der Waals surface area contributed by atoms with E-state index in [9.17, 15) is 13.2 Å². The van der Waals surface area contributed by atoms with Crippen LogP contribution in [0.4, 0.5) is 11.4 Å². The summed E-state index contributed by atoms with van der Waals surface area (Å²) in [4.78, 5) is 12.4. The average molecular weight is 395 g/mol. The van der Waals surface area contributed by atoms with E-state index in [0.29, 0.717) is 5.69 Å². The van der Waals surface area contributed by atoms with Crippen LogP contribution in [-0.4, -0.2) is 27.1 Å². The molecule has 140 valence electrons. The lowest BCUT2D eigenvalue weighted by Gasteiger charge is -2.22. The molecule has 5 nitrogen and oxygen atoms in total. The predicted molar refractivity (Wildman–Crippen MR) is 107 cm³/mol. The number of amides is 1. The van der Waals surface area contributed by atoms with Crippen LogP contribution in [0.1, 0.15) is 25.3 Å². The molecular weight excluding hydrogens is 372 g/mol. The van der Waals surface area contributed by atoms with E-state index in [1.54, 1.807) is 24.3 Å². The number of rotatable bonds is 8. The number of carbonyl (C=O) groups excluding carboxylic acids is 1. The molecule has 2 aromatic carbocycles. The van der Waals surface area contributed by atoms with Gasteiger partial charge < -0.3 is 5.32 Å². The van der Waals surface area contributed by atoms with Crippen molar-refractivity contribution in [3.8, 4) is 0 Å². The Morgan fingerprint density at radius 3 is 2.35 bits per heavy atom. The minimum atomic E-state index is -3.66. The van der Waals surface area contributed by atoms with Gasteiger partial charge in [0.25, 0.3) is 0 Å². The van der Waals surface area contributed by atoms with Gasteiger partial charge in [-0.05, 0) is 42.7 Å². The molecule has 0 unspecified atom stereocenters. The summed E-state index contributed by atoms with van der Waals surface area (Å²) < 4.78 is 25.2. The van der Waals surface area contributed by atoms with Crippen LogP contribution in [0.25, 0.3) is 0 Å². The van der Waals surface area contributed by atoms with Gasteiger partial charge in [0.05, 0.1) is 17.0 Å². The molecule has 26 heavy (non-hydrogen) atoms. The lowest BCUT2D eigenvalue weighted by atomic mass is 10.1. The largest absolute Gasteiger partial charge is 0.325 e. The van der Waals surface area contributed by atoms with Gasteiger partial charge in [-0.25, -0.2) is 8.42 Å². The summed E-state index contributed by atoms with van der Waals surface area (Å²) in [5.74, 6) is -0.434. The third-order valence-corrected chi connectivity index (χ3v) is 5.31. The number of hydrogen-bond donors (Lipinski definition) is 1. The molecule has 1 amide bonds. The van der Waals surface area contributed by atoms with E-state index in [4.69, 9.17) is 11.6 Å². The number of unbranched alkanes of at least 4 members (excludes halogenated alkanes) is 1. The van der Waals surface area contributed by atoms with Crippen molar-refractivity contribution >= 4 is 38.9 Å². The molecule has 0 aliphatic rings. The minimum Gasteiger partial charge on any atom is -0.325 e. The molecule has 7 heteroatoms. The van der Waals surface area contributed by atoms with Crippen molar-refractivity contribution in [1.29, 1.82) is 0 Å². The Morgan fingerprint density at radius 1 is 1.12 bits per heavy atom. The van der Waals surface area contributed by atoms with Gasteiger partial charge in [0.15, 0.2) is 0 Å². The molecular formula is C19H23ClN2O3S. The second kappa shape index (κ2) is 9.05. The summed E-state index contributed by atoms with van der Waals surface area (Å²) in [6.07, 6.45) is 4.29. The number of nitrogens with one attached hydrogen (secondary N) is 1. The van der Waals surface area contributed by atoms with Gasteiger partial charge in [-0.15, -0.1) is 0 Å². The van der Waals surface area contributed by atoms with Gasteiger partial charge in [0.1, 0.15) is 6.54 Å². The standard InChI is InChI=1S/C19H23ClN2O3S/c1-3-4-7-15-10-12-16(13-11-15)21-19(23)14-22(26(2,24)25)18-9-6-5-8-17(18)20/h5-6,8-13H,3-4,7,14H2,1-2H3,(H,21,23). The fraction of sp³-hybridized carbons (Fsp3) is 0.316. The third kappa shape index (κ3) is 5.75. The second-order valence-corrected chi connectivity index (χ2v) is 8.38. The highest BCUT2D eigenvalue weighted by atomic mass is 35.5. The summed E-state index contributed by atoms with van der Waals surface area (Å²) in [7, 11) is -3.66. The van der Waals surface area contributed by atoms with Crippen molar-refractivity contribution in [1.82, 2.24) is 0 Å². The molecule has 0 fully saturated rings. The summed E-state index contributed by atoms with van der Waals surface area (Å²) in [6.45, 7) is 1.79. The topological polar surface area (TPSA) is 66.5 Å². The summed E-state index contributed by atoms with van der Waals surface area (Å²) in [6, 6.07) is 14.1. The predicted octanol–water partition coefficient (Wildman–Crippen LogP) is 4.09. The zero-order valence-corrected chi connectivity index (χ0v) is 16.5. The van der Waals surface area contributed by atoms with Crippen molar-refractivity contribution < 1.29 is 13.2 Å². The Balaban J connectivity index is 2.09. The van der Waals surface area contributed by atoms with Crippen molar-refractivity contribution in [2.24, 2.45) is 0 Å². The number of benzene rings is 2. The molecule has 0 aliphatic heterocycles. The monoisotopic (exact) mass is 394 g/mol. The SMILES string of the molecule is CCCCc1ccc(NC(=O)CN(c2ccccc2Cl)S(C)(=O)=O)cc1. The van der Waals surface area contributed by atoms with E-state index in [0.717, 1.165) is 29.8 Å². The maximum absolute atomic E-state index is 12.4. The minimum absolute atomic E-state index is 0.269. The number of aryl methyl sites for hydroxylation is 1. The molecule has 0 bridgehead atoms. The maximum atomic E-state index is 12.4. The molecule has 1 N–H and O–H groups in total. The van der Waals surface area contributed by atoms with E-state index < -0.39 is 15.9 Å². The van der Waals surface area contributed by atoms with E-state index in [1.807, 2.05) is 24.3 Å².